The molecule has 0 bridgehead atoms. The van der Waals surface area contributed by atoms with Gasteiger partial charge in [0.05, 0.1) is 0 Å². The number of alkyl halides is 1. The molecule has 0 saturated carbocycles. The van der Waals surface area contributed by atoms with Gasteiger partial charge in [-0.15, -0.1) is 11.6 Å². The zero-order valence-electron chi connectivity index (χ0n) is 5.51. The molecule has 0 spiro atoms. The van der Waals surface area contributed by atoms with Crippen LogP contribution in [-0.4, -0.2) is 27.8 Å². The van der Waals surface area contributed by atoms with Gasteiger partial charge in [-0.2, -0.15) is 11.8 Å². The Morgan fingerprint density at radius 1 is 1.70 bits per heavy atom. The third-order valence-electron chi connectivity index (χ3n) is 1.20. The van der Waals surface area contributed by atoms with Crippen molar-refractivity contribution in [3.8, 4) is 0 Å². The third-order valence-corrected chi connectivity index (χ3v) is 4.23. The fourth-order valence-electron chi connectivity index (χ4n) is 0.604. The van der Waals surface area contributed by atoms with Crippen molar-refractivity contribution in [2.75, 3.05) is 17.4 Å². The largest absolute Gasteiger partial charge is 0.287 e. The molecule has 0 N–H and O–H groups in total. The summed E-state index contributed by atoms with van der Waals surface area (Å²) in [5.74, 6) is 2.74. The van der Waals surface area contributed by atoms with E-state index in [1.807, 2.05) is 11.8 Å². The van der Waals surface area contributed by atoms with Crippen molar-refractivity contribution in [2.24, 2.45) is 0 Å². The third kappa shape index (κ3) is 2.72. The van der Waals surface area contributed by atoms with Gasteiger partial charge in [-0.25, -0.2) is 0 Å². The van der Waals surface area contributed by atoms with Gasteiger partial charge < -0.3 is 0 Å². The van der Waals surface area contributed by atoms with E-state index in [1.54, 1.807) is 0 Å². The Morgan fingerprint density at radius 3 is 2.80 bits per heavy atom. The second-order valence-electron chi connectivity index (χ2n) is 2.09. The lowest BCUT2D eigenvalue weighted by atomic mass is 10.5. The molecule has 1 rings (SSSR count). The molecule has 1 nitrogen and oxygen atoms in total. The molecule has 1 fully saturated rings. The summed E-state index contributed by atoms with van der Waals surface area (Å²) in [6.45, 7) is 0. The van der Waals surface area contributed by atoms with Crippen LogP contribution in [0.4, 0.5) is 0 Å². The smallest absolute Gasteiger partial charge is 0.190 e. The Kier molecular flexibility index (Phi) is 3.96. The minimum atomic E-state index is 0.250. The van der Waals surface area contributed by atoms with Crippen LogP contribution in [0.2, 0.25) is 0 Å². The maximum Gasteiger partial charge on any atom is 0.190 e. The van der Waals surface area contributed by atoms with E-state index in [0.29, 0.717) is 17.6 Å². The molecule has 1 heterocycles. The van der Waals surface area contributed by atoms with Gasteiger partial charge in [0.2, 0.25) is 0 Å². The van der Waals surface area contributed by atoms with E-state index in [0.717, 1.165) is 11.5 Å². The van der Waals surface area contributed by atoms with E-state index in [4.69, 9.17) is 11.6 Å². The number of rotatable bonds is 3. The van der Waals surface area contributed by atoms with Gasteiger partial charge in [0.1, 0.15) is 0 Å². The Hall–Kier alpha value is 0.660. The van der Waals surface area contributed by atoms with E-state index in [1.165, 1.54) is 11.8 Å². The summed E-state index contributed by atoms with van der Waals surface area (Å²) in [5, 5.41) is 0.834. The monoisotopic (exact) mass is 196 g/mol. The summed E-state index contributed by atoms with van der Waals surface area (Å²) in [6.07, 6.45) is 0.521. The summed E-state index contributed by atoms with van der Waals surface area (Å²) >= 11 is 8.77. The number of hydrogen-bond donors (Lipinski definition) is 0. The molecule has 0 aromatic heterocycles. The molecular formula is C6H9ClOS2. The fraction of sp³-hybridized carbons (Fsp3) is 0.833. The fourth-order valence-corrected chi connectivity index (χ4v) is 3.03. The highest BCUT2D eigenvalue weighted by atomic mass is 35.5. The van der Waals surface area contributed by atoms with Crippen LogP contribution in [-0.2, 0) is 4.79 Å². The Bertz CT molecular complexity index is 125. The quantitative estimate of drug-likeness (QED) is 0.643. The zero-order valence-corrected chi connectivity index (χ0v) is 7.90. The molecule has 0 aromatic carbocycles. The molecule has 1 aliphatic heterocycles. The molecule has 0 aromatic rings. The zero-order chi connectivity index (χ0) is 7.40. The summed E-state index contributed by atoms with van der Waals surface area (Å²) in [5.41, 5.74) is 0. The number of carbonyl (C=O) groups is 1. The van der Waals surface area contributed by atoms with Gasteiger partial charge in [0.25, 0.3) is 0 Å². The molecule has 1 saturated heterocycles. The molecule has 1 aliphatic rings. The molecule has 4 heteroatoms. The first-order valence-corrected chi connectivity index (χ1v) is 5.73. The predicted molar refractivity (Wildman–Crippen MR) is 49.0 cm³/mol. The second kappa shape index (κ2) is 4.52. The highest BCUT2D eigenvalue weighted by Gasteiger charge is 2.21. The summed E-state index contributed by atoms with van der Waals surface area (Å²) in [7, 11) is 0. The molecule has 0 radical (unpaired) electrons. The first-order valence-electron chi connectivity index (χ1n) is 3.16. The van der Waals surface area contributed by atoms with Crippen molar-refractivity contribution in [1.29, 1.82) is 0 Å². The van der Waals surface area contributed by atoms with E-state index in [-0.39, 0.29) is 5.12 Å². The van der Waals surface area contributed by atoms with Crippen LogP contribution in [0, 0.1) is 0 Å². The first-order chi connectivity index (χ1) is 4.83. The summed E-state index contributed by atoms with van der Waals surface area (Å²) in [4.78, 5) is 10.9. The molecule has 10 heavy (non-hydrogen) atoms. The lowest BCUT2D eigenvalue weighted by molar-refractivity contribution is -0.110. The van der Waals surface area contributed by atoms with Gasteiger partial charge in [0, 0.05) is 29.1 Å². The minimum Gasteiger partial charge on any atom is -0.287 e. The van der Waals surface area contributed by atoms with Crippen LogP contribution < -0.4 is 0 Å². The van der Waals surface area contributed by atoms with Crippen LogP contribution in [0.25, 0.3) is 0 Å². The predicted octanol–water partition coefficient (Wildman–Crippen LogP) is 1.99. The van der Waals surface area contributed by atoms with Crippen molar-refractivity contribution < 1.29 is 4.79 Å². The van der Waals surface area contributed by atoms with Crippen molar-refractivity contribution >= 4 is 40.2 Å². The Labute approximate surface area is 74.3 Å². The topological polar surface area (TPSA) is 17.1 Å². The van der Waals surface area contributed by atoms with Crippen LogP contribution in [0.15, 0.2) is 0 Å². The summed E-state index contributed by atoms with van der Waals surface area (Å²) < 4.78 is 0. The normalized spacial score (nSPS) is 18.5. The first kappa shape index (κ1) is 8.75. The molecule has 58 valence electrons. The van der Waals surface area contributed by atoms with Gasteiger partial charge in [-0.1, -0.05) is 11.8 Å². The van der Waals surface area contributed by atoms with Crippen LogP contribution in [0.1, 0.15) is 6.42 Å². The lowest BCUT2D eigenvalue weighted by Gasteiger charge is -2.22. The Morgan fingerprint density at radius 2 is 2.40 bits per heavy atom. The average Bonchev–Trinajstić information content (AvgIpc) is 1.80. The lowest BCUT2D eigenvalue weighted by Crippen LogP contribution is -2.22. The van der Waals surface area contributed by atoms with E-state index in [2.05, 4.69) is 0 Å². The van der Waals surface area contributed by atoms with E-state index in [9.17, 15) is 4.79 Å². The van der Waals surface area contributed by atoms with Gasteiger partial charge in [-0.05, 0) is 0 Å². The average molecular weight is 197 g/mol. The SMILES string of the molecule is O=C(CCCl)SC1CSC1. The molecule has 0 aliphatic carbocycles. The van der Waals surface area contributed by atoms with Gasteiger partial charge >= 0.3 is 0 Å². The maximum absolute atomic E-state index is 10.9. The number of thioether (sulfide) groups is 2. The minimum absolute atomic E-state index is 0.250. The number of carbonyl (C=O) groups excluding carboxylic acids is 1. The van der Waals surface area contributed by atoms with Crippen LogP contribution in [0.3, 0.4) is 0 Å². The van der Waals surface area contributed by atoms with Crippen molar-refractivity contribution in [3.63, 3.8) is 0 Å². The Balaban J connectivity index is 2.05. The van der Waals surface area contributed by atoms with E-state index < -0.39 is 0 Å². The number of halogens is 1. The van der Waals surface area contributed by atoms with Gasteiger partial charge in [-0.3, -0.25) is 4.79 Å². The van der Waals surface area contributed by atoms with E-state index >= 15 is 0 Å². The van der Waals surface area contributed by atoms with Crippen molar-refractivity contribution in [2.45, 2.75) is 11.7 Å². The van der Waals surface area contributed by atoms with Crippen LogP contribution in [0.5, 0.6) is 0 Å². The van der Waals surface area contributed by atoms with Crippen molar-refractivity contribution in [3.05, 3.63) is 0 Å². The highest BCUT2D eigenvalue weighted by molar-refractivity contribution is 8.16. The van der Waals surface area contributed by atoms with Gasteiger partial charge in [0.15, 0.2) is 5.12 Å². The van der Waals surface area contributed by atoms with Crippen LogP contribution >= 0.6 is 35.1 Å². The second-order valence-corrected chi connectivity index (χ2v) is 4.90. The molecule has 0 amide bonds. The van der Waals surface area contributed by atoms with Crippen molar-refractivity contribution in [1.82, 2.24) is 0 Å². The highest BCUT2D eigenvalue weighted by Crippen LogP contribution is 2.30. The number of hydrogen-bond acceptors (Lipinski definition) is 3. The molecule has 0 atom stereocenters. The molecular weight excluding hydrogens is 188 g/mol. The summed E-state index contributed by atoms with van der Waals surface area (Å²) in [6, 6.07) is 0. The standard InChI is InChI=1S/C6H9ClOS2/c7-2-1-6(8)10-5-3-9-4-5/h5H,1-4H2. The molecule has 0 unspecified atom stereocenters. The maximum atomic E-state index is 10.9.